The van der Waals surface area contributed by atoms with Crippen LogP contribution in [0.15, 0.2) is 46.4 Å². The number of pyridine rings is 1. The average Bonchev–Trinajstić information content (AvgIpc) is 2.99. The van der Waals surface area contributed by atoms with Crippen LogP contribution in [0.3, 0.4) is 0 Å². The van der Waals surface area contributed by atoms with E-state index in [2.05, 4.69) is 14.9 Å². The van der Waals surface area contributed by atoms with Gasteiger partial charge in [0.25, 0.3) is 10.0 Å². The highest BCUT2D eigenvalue weighted by Crippen LogP contribution is 2.20. The lowest BCUT2D eigenvalue weighted by Crippen LogP contribution is -2.11. The largest absolute Gasteiger partial charge is 0.287 e. The van der Waals surface area contributed by atoms with Gasteiger partial charge in [0.1, 0.15) is 10.5 Å². The second-order valence-electron chi connectivity index (χ2n) is 3.55. The number of nitrogens with one attached hydrogen (secondary N) is 1. The molecular weight excluding hydrogens is 272 g/mol. The quantitative estimate of drug-likeness (QED) is 0.790. The normalized spacial score (nSPS) is 11.8. The number of thiophene rings is 1. The molecule has 1 N–H and O–H groups in total. The molecule has 0 fully saturated rings. The minimum Gasteiger partial charge on any atom is -0.287 e. The summed E-state index contributed by atoms with van der Waals surface area (Å²) in [4.78, 5) is 0. The first-order valence-corrected chi connectivity index (χ1v) is 7.37. The number of fused-ring (bicyclic) bond motifs is 1. The zero-order valence-corrected chi connectivity index (χ0v) is 10.6. The van der Waals surface area contributed by atoms with Crippen molar-refractivity contribution in [2.75, 3.05) is 4.72 Å². The van der Waals surface area contributed by atoms with Crippen molar-refractivity contribution in [3.63, 3.8) is 0 Å². The summed E-state index contributed by atoms with van der Waals surface area (Å²) < 4.78 is 28.4. The Labute approximate surface area is 107 Å². The van der Waals surface area contributed by atoms with Gasteiger partial charge in [-0.15, -0.1) is 21.5 Å². The van der Waals surface area contributed by atoms with E-state index in [9.17, 15) is 8.42 Å². The number of sulfonamides is 1. The molecule has 0 aliphatic carbocycles. The van der Waals surface area contributed by atoms with Crippen LogP contribution in [0.4, 0.5) is 5.69 Å². The number of hydrogen-bond acceptors (Lipinski definition) is 5. The van der Waals surface area contributed by atoms with E-state index in [0.717, 1.165) is 0 Å². The molecule has 0 aliphatic heterocycles. The maximum Gasteiger partial charge on any atom is 0.271 e. The van der Waals surface area contributed by atoms with Gasteiger partial charge in [-0.2, -0.15) is 0 Å². The van der Waals surface area contributed by atoms with E-state index in [0.29, 0.717) is 11.3 Å². The van der Waals surface area contributed by atoms with Crippen molar-refractivity contribution in [2.45, 2.75) is 4.21 Å². The summed E-state index contributed by atoms with van der Waals surface area (Å²) in [6, 6.07) is 6.60. The summed E-state index contributed by atoms with van der Waals surface area (Å²) in [5, 5.41) is 9.29. The fraction of sp³-hybridized carbons (Fsp3) is 0. The maximum atomic E-state index is 12.0. The molecule has 92 valence electrons. The van der Waals surface area contributed by atoms with Gasteiger partial charge in [-0.05, 0) is 23.6 Å². The van der Waals surface area contributed by atoms with E-state index in [1.807, 2.05) is 0 Å². The molecule has 0 aromatic carbocycles. The van der Waals surface area contributed by atoms with Crippen molar-refractivity contribution < 1.29 is 8.42 Å². The predicted molar refractivity (Wildman–Crippen MR) is 68.1 cm³/mol. The fourth-order valence-corrected chi connectivity index (χ4v) is 3.55. The van der Waals surface area contributed by atoms with Crippen molar-refractivity contribution in [3.05, 3.63) is 42.2 Å². The minimum absolute atomic E-state index is 0.284. The van der Waals surface area contributed by atoms with Crippen molar-refractivity contribution in [3.8, 4) is 0 Å². The zero-order valence-electron chi connectivity index (χ0n) is 9.02. The third-order valence-electron chi connectivity index (χ3n) is 2.30. The number of aromatic nitrogens is 3. The first-order valence-electron chi connectivity index (χ1n) is 5.01. The van der Waals surface area contributed by atoms with Crippen molar-refractivity contribution in [2.24, 2.45) is 0 Å². The van der Waals surface area contributed by atoms with Gasteiger partial charge in [-0.25, -0.2) is 8.42 Å². The molecule has 3 rings (SSSR count). The SMILES string of the molecule is O=S(=O)(Nc1ccc2nncn2c1)c1cccs1. The second kappa shape index (κ2) is 4.07. The van der Waals surface area contributed by atoms with E-state index in [4.69, 9.17) is 0 Å². The van der Waals surface area contributed by atoms with Gasteiger partial charge in [-0.3, -0.25) is 9.12 Å². The highest BCUT2D eigenvalue weighted by Gasteiger charge is 2.15. The molecule has 0 radical (unpaired) electrons. The molecular formula is C10H8N4O2S2. The smallest absolute Gasteiger partial charge is 0.271 e. The van der Waals surface area contributed by atoms with Crippen LogP contribution in [-0.2, 0) is 10.0 Å². The van der Waals surface area contributed by atoms with Crippen molar-refractivity contribution >= 4 is 32.7 Å². The summed E-state index contributed by atoms with van der Waals surface area (Å²) in [6.45, 7) is 0. The van der Waals surface area contributed by atoms with E-state index in [1.165, 1.54) is 17.7 Å². The van der Waals surface area contributed by atoms with Crippen LogP contribution in [0.25, 0.3) is 5.65 Å². The number of rotatable bonds is 3. The van der Waals surface area contributed by atoms with E-state index < -0.39 is 10.0 Å². The first-order chi connectivity index (χ1) is 8.65. The molecule has 6 nitrogen and oxygen atoms in total. The number of hydrogen-bond donors (Lipinski definition) is 1. The fourth-order valence-electron chi connectivity index (χ4n) is 1.51. The molecule has 0 aliphatic rings. The van der Waals surface area contributed by atoms with Gasteiger partial charge >= 0.3 is 0 Å². The Morgan fingerprint density at radius 3 is 2.94 bits per heavy atom. The molecule has 0 bridgehead atoms. The lowest BCUT2D eigenvalue weighted by Gasteiger charge is -2.06. The topological polar surface area (TPSA) is 76.4 Å². The van der Waals surface area contributed by atoms with E-state index >= 15 is 0 Å². The lowest BCUT2D eigenvalue weighted by molar-refractivity contribution is 0.603. The molecule has 8 heteroatoms. The minimum atomic E-state index is -3.51. The highest BCUT2D eigenvalue weighted by molar-refractivity contribution is 7.94. The summed E-state index contributed by atoms with van der Waals surface area (Å²) in [7, 11) is -3.51. The molecule has 0 unspecified atom stereocenters. The Kier molecular flexibility index (Phi) is 2.53. The molecule has 0 saturated carbocycles. The van der Waals surface area contributed by atoms with Crippen LogP contribution >= 0.6 is 11.3 Å². The zero-order chi connectivity index (χ0) is 12.6. The molecule has 3 aromatic rings. The molecule has 0 saturated heterocycles. The monoisotopic (exact) mass is 280 g/mol. The number of anilines is 1. The van der Waals surface area contributed by atoms with Crippen LogP contribution < -0.4 is 4.72 Å². The third-order valence-corrected chi connectivity index (χ3v) is 5.08. The Hall–Kier alpha value is -1.93. The lowest BCUT2D eigenvalue weighted by atomic mass is 10.4. The van der Waals surface area contributed by atoms with Gasteiger partial charge in [0.2, 0.25) is 0 Å². The van der Waals surface area contributed by atoms with Gasteiger partial charge in [0.15, 0.2) is 5.65 Å². The van der Waals surface area contributed by atoms with Gasteiger partial charge in [-0.1, -0.05) is 6.07 Å². The van der Waals surface area contributed by atoms with Crippen LogP contribution in [0.2, 0.25) is 0 Å². The Morgan fingerprint density at radius 1 is 1.28 bits per heavy atom. The van der Waals surface area contributed by atoms with E-state index in [1.54, 1.807) is 40.2 Å². The standard InChI is InChI=1S/C10H8N4O2S2/c15-18(16,10-2-1-5-17-10)13-8-3-4-9-12-11-7-14(9)6-8/h1-7,13H. The Morgan fingerprint density at radius 2 is 2.17 bits per heavy atom. The van der Waals surface area contributed by atoms with Crippen molar-refractivity contribution in [1.82, 2.24) is 14.6 Å². The van der Waals surface area contributed by atoms with Crippen LogP contribution in [0.1, 0.15) is 0 Å². The molecule has 3 heterocycles. The van der Waals surface area contributed by atoms with Gasteiger partial charge in [0.05, 0.1) is 5.69 Å². The summed E-state index contributed by atoms with van der Waals surface area (Å²) in [5.41, 5.74) is 1.13. The average molecular weight is 280 g/mol. The van der Waals surface area contributed by atoms with Gasteiger partial charge < -0.3 is 0 Å². The molecule has 0 spiro atoms. The van der Waals surface area contributed by atoms with Gasteiger partial charge in [0, 0.05) is 6.20 Å². The van der Waals surface area contributed by atoms with Crippen LogP contribution in [0.5, 0.6) is 0 Å². The summed E-state index contributed by atoms with van der Waals surface area (Å²) >= 11 is 1.17. The Bertz CT molecular complexity index is 777. The molecule has 0 amide bonds. The number of nitrogens with zero attached hydrogens (tertiary/aromatic N) is 3. The molecule has 0 atom stereocenters. The van der Waals surface area contributed by atoms with Crippen LogP contribution in [0, 0.1) is 0 Å². The summed E-state index contributed by atoms with van der Waals surface area (Å²) in [5.74, 6) is 0. The Balaban J connectivity index is 1.97. The highest BCUT2D eigenvalue weighted by atomic mass is 32.2. The first kappa shape index (κ1) is 11.2. The summed E-state index contributed by atoms with van der Waals surface area (Å²) in [6.07, 6.45) is 3.14. The maximum absolute atomic E-state index is 12.0. The van der Waals surface area contributed by atoms with Crippen molar-refractivity contribution in [1.29, 1.82) is 0 Å². The predicted octanol–water partition coefficient (Wildman–Crippen LogP) is 1.59. The second-order valence-corrected chi connectivity index (χ2v) is 6.41. The van der Waals surface area contributed by atoms with E-state index in [-0.39, 0.29) is 4.21 Å². The third kappa shape index (κ3) is 1.95. The molecule has 18 heavy (non-hydrogen) atoms. The molecule has 3 aromatic heterocycles. The van der Waals surface area contributed by atoms with Crippen LogP contribution in [-0.4, -0.2) is 23.0 Å².